The second kappa shape index (κ2) is 4.15. The summed E-state index contributed by atoms with van der Waals surface area (Å²) in [6.45, 7) is 0. The van der Waals surface area contributed by atoms with E-state index < -0.39 is 11.6 Å². The normalized spacial score (nSPS) is 10.4. The largest absolute Gasteiger partial charge is 0.204 e. The topological polar surface area (TPSA) is 0 Å². The van der Waals surface area contributed by atoms with Gasteiger partial charge in [-0.05, 0) is 43.5 Å². The predicted octanol–water partition coefficient (Wildman–Crippen LogP) is 4.38. The van der Waals surface area contributed by atoms with Gasteiger partial charge in [-0.15, -0.1) is 0 Å². The third-order valence-corrected chi connectivity index (χ3v) is 4.11. The highest BCUT2D eigenvalue weighted by Crippen LogP contribution is 2.32. The van der Waals surface area contributed by atoms with Crippen LogP contribution >= 0.6 is 47.8 Å². The number of benzene rings is 1. The molecule has 0 N–H and O–H groups in total. The van der Waals surface area contributed by atoms with Crippen LogP contribution in [0.4, 0.5) is 8.78 Å². The Morgan fingerprint density at radius 2 is 1.75 bits per heavy atom. The summed E-state index contributed by atoms with van der Waals surface area (Å²) in [7, 11) is 0. The van der Waals surface area contributed by atoms with Crippen molar-refractivity contribution in [2.45, 2.75) is 5.33 Å². The molecule has 0 fully saturated rings. The lowest BCUT2D eigenvalue weighted by molar-refractivity contribution is 0.502. The number of halogens is 5. The Hall–Kier alpha value is 0.520. The van der Waals surface area contributed by atoms with Gasteiger partial charge in [-0.3, -0.25) is 0 Å². The molecule has 0 aliphatic rings. The highest BCUT2D eigenvalue weighted by Gasteiger charge is 2.13. The van der Waals surface area contributed by atoms with E-state index in [1.54, 1.807) is 0 Å². The van der Waals surface area contributed by atoms with Gasteiger partial charge < -0.3 is 0 Å². The quantitative estimate of drug-likeness (QED) is 0.394. The molecule has 5 heteroatoms. The predicted molar refractivity (Wildman–Crippen MR) is 54.4 cm³/mol. The maximum absolute atomic E-state index is 12.8. The van der Waals surface area contributed by atoms with Crippen molar-refractivity contribution in [1.82, 2.24) is 0 Å². The van der Waals surface area contributed by atoms with Crippen LogP contribution in [0.2, 0.25) is 0 Å². The fourth-order valence-electron chi connectivity index (χ4n) is 0.719. The summed E-state index contributed by atoms with van der Waals surface area (Å²) in [6, 6.07) is 1.15. The zero-order valence-corrected chi connectivity index (χ0v) is 10.4. The van der Waals surface area contributed by atoms with E-state index in [9.17, 15) is 8.78 Å². The zero-order valence-electron chi connectivity index (χ0n) is 5.67. The second-order valence-corrected chi connectivity index (χ2v) is 4.24. The Bertz CT molecular complexity index is 312. The van der Waals surface area contributed by atoms with Crippen LogP contribution in [-0.2, 0) is 5.33 Å². The van der Waals surface area contributed by atoms with Crippen LogP contribution in [0.15, 0.2) is 15.0 Å². The first-order chi connectivity index (χ1) is 5.57. The molecule has 0 nitrogen and oxygen atoms in total. The Kier molecular flexibility index (Phi) is 3.67. The molecule has 0 aliphatic heterocycles. The Morgan fingerprint density at radius 3 is 2.25 bits per heavy atom. The van der Waals surface area contributed by atoms with Gasteiger partial charge >= 0.3 is 0 Å². The van der Waals surface area contributed by atoms with Crippen molar-refractivity contribution < 1.29 is 8.78 Å². The van der Waals surface area contributed by atoms with E-state index in [4.69, 9.17) is 0 Å². The summed E-state index contributed by atoms with van der Waals surface area (Å²) in [6.07, 6.45) is 0. The molecular weight excluding hydrogens is 362 g/mol. The van der Waals surface area contributed by atoms with Gasteiger partial charge in [0.1, 0.15) is 0 Å². The summed E-state index contributed by atoms with van der Waals surface area (Å²) in [4.78, 5) is 0. The molecule has 1 aromatic rings. The minimum Gasteiger partial charge on any atom is -0.204 e. The Balaban J connectivity index is 3.39. The summed E-state index contributed by atoms with van der Waals surface area (Å²) in [5.74, 6) is -1.72. The van der Waals surface area contributed by atoms with Crippen molar-refractivity contribution in [2.24, 2.45) is 0 Å². The average Bonchev–Trinajstić information content (AvgIpc) is 2.08. The van der Waals surface area contributed by atoms with Gasteiger partial charge in [-0.25, -0.2) is 8.78 Å². The standard InChI is InChI=1S/C7H3Br3F2/c8-2-3-1-4(11)7(12)6(10)5(3)9/h1H,2H2. The summed E-state index contributed by atoms with van der Waals surface area (Å²) in [5, 5.41) is 0.476. The second-order valence-electron chi connectivity index (χ2n) is 2.09. The SMILES string of the molecule is Fc1cc(CBr)c(Br)c(Br)c1F. The summed E-state index contributed by atoms with van der Waals surface area (Å²) >= 11 is 9.24. The molecule has 0 aromatic heterocycles. The first-order valence-electron chi connectivity index (χ1n) is 2.95. The first kappa shape index (κ1) is 10.6. The van der Waals surface area contributed by atoms with Gasteiger partial charge in [0, 0.05) is 9.80 Å². The Labute approximate surface area is 93.7 Å². The molecule has 12 heavy (non-hydrogen) atoms. The van der Waals surface area contributed by atoms with Crippen LogP contribution in [0, 0.1) is 11.6 Å². The lowest BCUT2D eigenvalue weighted by atomic mass is 10.2. The van der Waals surface area contributed by atoms with E-state index in [0.29, 0.717) is 15.4 Å². The third-order valence-electron chi connectivity index (χ3n) is 1.32. The van der Waals surface area contributed by atoms with Gasteiger partial charge in [-0.1, -0.05) is 15.9 Å². The minimum atomic E-state index is -0.869. The van der Waals surface area contributed by atoms with Gasteiger partial charge in [0.2, 0.25) is 0 Å². The molecule has 0 spiro atoms. The van der Waals surface area contributed by atoms with Gasteiger partial charge in [-0.2, -0.15) is 0 Å². The molecule has 0 radical (unpaired) electrons. The lowest BCUT2D eigenvalue weighted by Crippen LogP contribution is -1.91. The molecule has 0 atom stereocenters. The van der Waals surface area contributed by atoms with E-state index in [0.717, 1.165) is 6.07 Å². The molecule has 1 aromatic carbocycles. The molecule has 0 saturated carbocycles. The van der Waals surface area contributed by atoms with Gasteiger partial charge in [0.05, 0.1) is 4.47 Å². The molecular formula is C7H3Br3F2. The molecule has 0 amide bonds. The molecule has 0 saturated heterocycles. The molecule has 1 rings (SSSR count). The molecule has 66 valence electrons. The fraction of sp³-hybridized carbons (Fsp3) is 0.143. The van der Waals surface area contributed by atoms with Gasteiger partial charge in [0.15, 0.2) is 11.6 Å². The molecule has 0 aliphatic carbocycles. The van der Waals surface area contributed by atoms with Crippen LogP contribution in [0.3, 0.4) is 0 Å². The minimum absolute atomic E-state index is 0.122. The van der Waals surface area contributed by atoms with E-state index in [1.165, 1.54) is 0 Å². The number of rotatable bonds is 1. The lowest BCUT2D eigenvalue weighted by Gasteiger charge is -2.04. The monoisotopic (exact) mass is 362 g/mol. The first-order valence-corrected chi connectivity index (χ1v) is 5.66. The van der Waals surface area contributed by atoms with E-state index in [1.807, 2.05) is 0 Å². The van der Waals surface area contributed by atoms with Crippen LogP contribution in [0.1, 0.15) is 5.56 Å². The molecule has 0 heterocycles. The van der Waals surface area contributed by atoms with Crippen molar-refractivity contribution in [2.75, 3.05) is 0 Å². The maximum atomic E-state index is 12.8. The summed E-state index contributed by atoms with van der Waals surface area (Å²) in [5.41, 5.74) is 0.667. The van der Waals surface area contributed by atoms with Gasteiger partial charge in [0.25, 0.3) is 0 Å². The van der Waals surface area contributed by atoms with Crippen LogP contribution in [0.5, 0.6) is 0 Å². The van der Waals surface area contributed by atoms with E-state index in [-0.39, 0.29) is 4.47 Å². The van der Waals surface area contributed by atoms with E-state index >= 15 is 0 Å². The van der Waals surface area contributed by atoms with Crippen molar-refractivity contribution in [1.29, 1.82) is 0 Å². The molecule has 0 unspecified atom stereocenters. The highest BCUT2D eigenvalue weighted by molar-refractivity contribution is 9.13. The number of hydrogen-bond acceptors (Lipinski definition) is 0. The van der Waals surface area contributed by atoms with E-state index in [2.05, 4.69) is 47.8 Å². The van der Waals surface area contributed by atoms with Crippen molar-refractivity contribution in [3.8, 4) is 0 Å². The Morgan fingerprint density at radius 1 is 1.17 bits per heavy atom. The van der Waals surface area contributed by atoms with Crippen LogP contribution < -0.4 is 0 Å². The number of alkyl halides is 1. The third kappa shape index (κ3) is 1.88. The average molecular weight is 365 g/mol. The van der Waals surface area contributed by atoms with Crippen molar-refractivity contribution in [3.05, 3.63) is 32.2 Å². The van der Waals surface area contributed by atoms with Crippen LogP contribution in [0.25, 0.3) is 0 Å². The smallest absolute Gasteiger partial charge is 0.174 e. The summed E-state index contributed by atoms with van der Waals surface area (Å²) < 4.78 is 26.3. The zero-order chi connectivity index (χ0) is 9.30. The number of hydrogen-bond donors (Lipinski definition) is 0. The van der Waals surface area contributed by atoms with Crippen molar-refractivity contribution in [3.63, 3.8) is 0 Å². The van der Waals surface area contributed by atoms with Crippen LogP contribution in [-0.4, -0.2) is 0 Å². The van der Waals surface area contributed by atoms with Crippen molar-refractivity contribution >= 4 is 47.8 Å². The highest BCUT2D eigenvalue weighted by atomic mass is 79.9. The molecule has 0 bridgehead atoms. The maximum Gasteiger partial charge on any atom is 0.174 e. The fourth-order valence-corrected chi connectivity index (χ4v) is 2.41.